The summed E-state index contributed by atoms with van der Waals surface area (Å²) in [6.45, 7) is 1.38. The fraction of sp³-hybridized carbons (Fsp3) is 0.462. The Balaban J connectivity index is 2.26. The van der Waals surface area contributed by atoms with Crippen molar-refractivity contribution in [3.8, 4) is 0 Å². The van der Waals surface area contributed by atoms with Crippen molar-refractivity contribution in [1.82, 2.24) is 4.90 Å². The molecule has 2 atom stereocenters. The number of hydrogen-bond acceptors (Lipinski definition) is 2. The Morgan fingerprint density at radius 1 is 1.53 bits per heavy atom. The molecule has 0 radical (unpaired) electrons. The smallest absolute Gasteiger partial charge is 0.308 e. The molecule has 17 heavy (non-hydrogen) atoms. The highest BCUT2D eigenvalue weighted by molar-refractivity contribution is 5.72. The van der Waals surface area contributed by atoms with Crippen LogP contribution in [0.2, 0.25) is 0 Å². The largest absolute Gasteiger partial charge is 0.481 e. The first-order valence-electron chi connectivity index (χ1n) is 5.74. The predicted octanol–water partition coefficient (Wildman–Crippen LogP) is 1.95. The van der Waals surface area contributed by atoms with E-state index < -0.39 is 11.9 Å². The number of piperidine rings is 1. The molecule has 1 aromatic carbocycles. The number of nitrogens with zero attached hydrogens (tertiary/aromatic N) is 1. The molecule has 4 heteroatoms. The summed E-state index contributed by atoms with van der Waals surface area (Å²) >= 11 is 0. The Morgan fingerprint density at radius 2 is 2.29 bits per heavy atom. The second-order valence-electron chi connectivity index (χ2n) is 4.66. The Morgan fingerprint density at radius 3 is 2.94 bits per heavy atom. The van der Waals surface area contributed by atoms with E-state index in [0.29, 0.717) is 6.54 Å². The SMILES string of the molecule is CN1CCC(c2cccc(F)c2)C(C(=O)O)C1. The first-order chi connectivity index (χ1) is 8.08. The van der Waals surface area contributed by atoms with Crippen LogP contribution in [0.3, 0.4) is 0 Å². The van der Waals surface area contributed by atoms with Gasteiger partial charge in [-0.2, -0.15) is 0 Å². The summed E-state index contributed by atoms with van der Waals surface area (Å²) in [4.78, 5) is 13.3. The Kier molecular flexibility index (Phi) is 3.43. The van der Waals surface area contributed by atoms with E-state index in [2.05, 4.69) is 0 Å². The van der Waals surface area contributed by atoms with Gasteiger partial charge in [-0.05, 0) is 43.6 Å². The molecule has 0 spiro atoms. The zero-order chi connectivity index (χ0) is 12.4. The molecule has 2 rings (SSSR count). The van der Waals surface area contributed by atoms with Crippen LogP contribution in [0.1, 0.15) is 17.9 Å². The van der Waals surface area contributed by atoms with E-state index >= 15 is 0 Å². The molecule has 0 amide bonds. The molecule has 92 valence electrons. The van der Waals surface area contributed by atoms with Gasteiger partial charge in [-0.25, -0.2) is 4.39 Å². The Hall–Kier alpha value is -1.42. The number of carboxylic acids is 1. The average Bonchev–Trinajstić information content (AvgIpc) is 2.28. The normalized spacial score (nSPS) is 25.8. The van der Waals surface area contributed by atoms with Gasteiger partial charge in [0.25, 0.3) is 0 Å². The van der Waals surface area contributed by atoms with Gasteiger partial charge in [0.1, 0.15) is 5.82 Å². The topological polar surface area (TPSA) is 40.5 Å². The molecular formula is C13H16FNO2. The first-order valence-corrected chi connectivity index (χ1v) is 5.74. The van der Waals surface area contributed by atoms with E-state index in [0.717, 1.165) is 18.5 Å². The third-order valence-electron chi connectivity index (χ3n) is 3.41. The highest BCUT2D eigenvalue weighted by Gasteiger charge is 2.34. The maximum atomic E-state index is 13.2. The Bertz CT molecular complexity index is 422. The van der Waals surface area contributed by atoms with Crippen LogP contribution in [0.4, 0.5) is 4.39 Å². The van der Waals surface area contributed by atoms with Gasteiger partial charge < -0.3 is 10.0 Å². The maximum Gasteiger partial charge on any atom is 0.308 e. The second kappa shape index (κ2) is 4.84. The summed E-state index contributed by atoms with van der Waals surface area (Å²) in [6.07, 6.45) is 0.761. The standard InChI is InChI=1S/C13H16FNO2/c1-15-6-5-11(12(8-15)13(16)17)9-3-2-4-10(14)7-9/h2-4,7,11-12H,5-6,8H2,1H3,(H,16,17). The lowest BCUT2D eigenvalue weighted by Gasteiger charge is -2.34. The van der Waals surface area contributed by atoms with Crippen molar-refractivity contribution >= 4 is 5.97 Å². The Labute approximate surface area is 99.9 Å². The van der Waals surface area contributed by atoms with E-state index in [9.17, 15) is 14.3 Å². The zero-order valence-electron chi connectivity index (χ0n) is 9.77. The number of likely N-dealkylation sites (tertiary alicyclic amines) is 1. The maximum absolute atomic E-state index is 13.2. The fourth-order valence-corrected chi connectivity index (χ4v) is 2.50. The third kappa shape index (κ3) is 2.64. The summed E-state index contributed by atoms with van der Waals surface area (Å²) in [7, 11) is 1.91. The van der Waals surface area contributed by atoms with E-state index in [1.54, 1.807) is 6.07 Å². The van der Waals surface area contributed by atoms with Crippen LogP contribution < -0.4 is 0 Å². The van der Waals surface area contributed by atoms with Crippen molar-refractivity contribution in [2.75, 3.05) is 20.1 Å². The van der Waals surface area contributed by atoms with Gasteiger partial charge in [-0.3, -0.25) is 4.79 Å². The van der Waals surface area contributed by atoms with Crippen LogP contribution in [-0.2, 0) is 4.79 Å². The average molecular weight is 237 g/mol. The van der Waals surface area contributed by atoms with Gasteiger partial charge in [-0.1, -0.05) is 12.1 Å². The molecule has 1 heterocycles. The molecule has 1 N–H and O–H groups in total. The van der Waals surface area contributed by atoms with E-state index in [4.69, 9.17) is 0 Å². The molecule has 0 saturated carbocycles. The van der Waals surface area contributed by atoms with Crippen LogP contribution in [0.15, 0.2) is 24.3 Å². The molecule has 0 bridgehead atoms. The molecule has 1 aliphatic rings. The highest BCUT2D eigenvalue weighted by Crippen LogP contribution is 2.32. The quantitative estimate of drug-likeness (QED) is 0.854. The molecule has 0 aliphatic carbocycles. The fourth-order valence-electron chi connectivity index (χ4n) is 2.50. The van der Waals surface area contributed by atoms with Gasteiger partial charge in [0.05, 0.1) is 5.92 Å². The van der Waals surface area contributed by atoms with Crippen LogP contribution in [-0.4, -0.2) is 36.1 Å². The molecule has 1 aliphatic heterocycles. The van der Waals surface area contributed by atoms with Crippen LogP contribution in [0, 0.1) is 11.7 Å². The lowest BCUT2D eigenvalue weighted by molar-refractivity contribution is -0.144. The van der Waals surface area contributed by atoms with Gasteiger partial charge in [0, 0.05) is 6.54 Å². The predicted molar refractivity (Wildman–Crippen MR) is 62.4 cm³/mol. The van der Waals surface area contributed by atoms with Gasteiger partial charge >= 0.3 is 5.97 Å². The minimum Gasteiger partial charge on any atom is -0.481 e. The number of carbonyl (C=O) groups is 1. The summed E-state index contributed by atoms with van der Waals surface area (Å²) in [5, 5.41) is 9.24. The molecule has 1 fully saturated rings. The van der Waals surface area contributed by atoms with Gasteiger partial charge in [0.15, 0.2) is 0 Å². The van der Waals surface area contributed by atoms with Crippen LogP contribution >= 0.6 is 0 Å². The summed E-state index contributed by atoms with van der Waals surface area (Å²) in [5.74, 6) is -1.63. The number of hydrogen-bond donors (Lipinski definition) is 1. The van der Waals surface area contributed by atoms with E-state index in [-0.39, 0.29) is 11.7 Å². The summed E-state index contributed by atoms with van der Waals surface area (Å²) in [5.41, 5.74) is 0.797. The first kappa shape index (κ1) is 12.0. The zero-order valence-corrected chi connectivity index (χ0v) is 9.77. The van der Waals surface area contributed by atoms with Crippen LogP contribution in [0.5, 0.6) is 0 Å². The second-order valence-corrected chi connectivity index (χ2v) is 4.66. The molecular weight excluding hydrogens is 221 g/mol. The summed E-state index contributed by atoms with van der Waals surface area (Å²) in [6, 6.07) is 6.29. The van der Waals surface area contributed by atoms with Crippen molar-refractivity contribution in [3.63, 3.8) is 0 Å². The van der Waals surface area contributed by atoms with E-state index in [1.165, 1.54) is 12.1 Å². The number of carboxylic acid groups (broad SMARTS) is 1. The monoisotopic (exact) mass is 237 g/mol. The molecule has 0 aromatic heterocycles. The van der Waals surface area contributed by atoms with Crippen molar-refractivity contribution in [1.29, 1.82) is 0 Å². The van der Waals surface area contributed by atoms with Gasteiger partial charge in [0.2, 0.25) is 0 Å². The third-order valence-corrected chi connectivity index (χ3v) is 3.41. The number of benzene rings is 1. The van der Waals surface area contributed by atoms with Gasteiger partial charge in [-0.15, -0.1) is 0 Å². The number of rotatable bonds is 2. The van der Waals surface area contributed by atoms with E-state index in [1.807, 2.05) is 18.0 Å². The van der Waals surface area contributed by atoms with Crippen LogP contribution in [0.25, 0.3) is 0 Å². The lowest BCUT2D eigenvalue weighted by Crippen LogP contribution is -2.40. The number of aliphatic carboxylic acids is 1. The number of halogens is 1. The van der Waals surface area contributed by atoms with Crippen molar-refractivity contribution < 1.29 is 14.3 Å². The summed E-state index contributed by atoms with van der Waals surface area (Å²) < 4.78 is 13.2. The van der Waals surface area contributed by atoms with Crippen molar-refractivity contribution in [3.05, 3.63) is 35.6 Å². The highest BCUT2D eigenvalue weighted by atomic mass is 19.1. The van der Waals surface area contributed by atoms with Crippen molar-refractivity contribution in [2.24, 2.45) is 5.92 Å². The van der Waals surface area contributed by atoms with Crippen molar-refractivity contribution in [2.45, 2.75) is 12.3 Å². The molecule has 1 aromatic rings. The minimum atomic E-state index is -0.800. The molecule has 1 saturated heterocycles. The lowest BCUT2D eigenvalue weighted by atomic mass is 9.80. The molecule has 3 nitrogen and oxygen atoms in total. The molecule has 2 unspecified atom stereocenters. The minimum absolute atomic E-state index is 0.0839.